The highest BCUT2D eigenvalue weighted by Crippen LogP contribution is 2.27. The zero-order valence-corrected chi connectivity index (χ0v) is 21.7. The summed E-state index contributed by atoms with van der Waals surface area (Å²) in [7, 11) is 0. The molecule has 0 unspecified atom stereocenters. The first-order valence-electron chi connectivity index (χ1n) is 11.7. The maximum Gasteiger partial charge on any atom is 0.410 e. The van der Waals surface area contributed by atoms with Gasteiger partial charge in [-0.05, 0) is 76.4 Å². The van der Waals surface area contributed by atoms with Gasteiger partial charge >= 0.3 is 6.09 Å². The van der Waals surface area contributed by atoms with Gasteiger partial charge in [-0.1, -0.05) is 18.5 Å². The van der Waals surface area contributed by atoms with E-state index in [9.17, 15) is 9.59 Å². The fourth-order valence-corrected chi connectivity index (χ4v) is 4.24. The smallest absolute Gasteiger partial charge is 0.410 e. The van der Waals surface area contributed by atoms with Gasteiger partial charge in [-0.3, -0.25) is 14.7 Å². The third kappa shape index (κ3) is 6.70. The third-order valence-corrected chi connectivity index (χ3v) is 6.13. The highest BCUT2D eigenvalue weighted by atomic mass is 35.5. The Kier molecular flexibility index (Phi) is 8.21. The van der Waals surface area contributed by atoms with Crippen molar-refractivity contribution in [3.05, 3.63) is 57.9 Å². The number of benzene rings is 1. The average Bonchev–Trinajstić information content (AvgIpc) is 2.75. The Balaban J connectivity index is 1.68. The van der Waals surface area contributed by atoms with Gasteiger partial charge < -0.3 is 15.0 Å². The molecule has 1 aromatic heterocycles. The van der Waals surface area contributed by atoms with E-state index in [1.54, 1.807) is 23.2 Å². The van der Waals surface area contributed by atoms with Gasteiger partial charge in [-0.15, -0.1) is 0 Å². The Hall–Kier alpha value is -2.64. The monoisotopic (exact) mass is 486 g/mol. The minimum Gasteiger partial charge on any atom is -0.444 e. The number of hydrogen-bond acceptors (Lipinski definition) is 5. The molecule has 3 rings (SSSR count). The van der Waals surface area contributed by atoms with Crippen LogP contribution >= 0.6 is 11.6 Å². The summed E-state index contributed by atoms with van der Waals surface area (Å²) < 4.78 is 5.54. The quantitative estimate of drug-likeness (QED) is 0.620. The van der Waals surface area contributed by atoms with E-state index in [4.69, 9.17) is 16.3 Å². The molecular weight excluding hydrogens is 452 g/mol. The number of nitrogens with zero attached hydrogens (tertiary/aromatic N) is 3. The number of aryl methyl sites for hydroxylation is 1. The Morgan fingerprint density at radius 1 is 1.24 bits per heavy atom. The summed E-state index contributed by atoms with van der Waals surface area (Å²) in [5, 5.41) is 3.55. The Morgan fingerprint density at radius 2 is 1.97 bits per heavy atom. The molecular formula is C26H35ClN4O3. The molecule has 8 heteroatoms. The summed E-state index contributed by atoms with van der Waals surface area (Å²) in [5.41, 5.74) is 3.63. The highest BCUT2D eigenvalue weighted by Gasteiger charge is 2.31. The molecule has 1 aliphatic heterocycles. The molecule has 184 valence electrons. The molecule has 1 fully saturated rings. The van der Waals surface area contributed by atoms with Gasteiger partial charge in [-0.25, -0.2) is 4.79 Å². The second-order valence-electron chi connectivity index (χ2n) is 9.84. The number of nitrogens with one attached hydrogen (secondary N) is 1. The van der Waals surface area contributed by atoms with E-state index < -0.39 is 5.60 Å². The summed E-state index contributed by atoms with van der Waals surface area (Å²) in [6, 6.07) is 7.39. The van der Waals surface area contributed by atoms with E-state index in [0.29, 0.717) is 29.4 Å². The minimum atomic E-state index is -0.513. The van der Waals surface area contributed by atoms with Crippen LogP contribution in [-0.4, -0.2) is 58.1 Å². The first-order valence-corrected chi connectivity index (χ1v) is 12.1. The SMILES string of the molecule is CCc1ccc(C(=O)Nc2cc(Cl)cc(CN3CCN(C(=O)OC(C)(C)C)[C@@H](C)C3)c2C)cn1. The lowest BCUT2D eigenvalue weighted by Crippen LogP contribution is -2.54. The van der Waals surface area contributed by atoms with Gasteiger partial charge in [-0.2, -0.15) is 0 Å². The molecule has 1 aromatic carbocycles. The molecule has 0 radical (unpaired) electrons. The molecule has 7 nitrogen and oxygen atoms in total. The van der Waals surface area contributed by atoms with Crippen molar-refractivity contribution >= 4 is 29.3 Å². The van der Waals surface area contributed by atoms with E-state index >= 15 is 0 Å². The second kappa shape index (κ2) is 10.7. The molecule has 2 aromatic rings. The predicted octanol–water partition coefficient (Wildman–Crippen LogP) is 5.30. The van der Waals surface area contributed by atoms with Crippen LogP contribution in [-0.2, 0) is 17.7 Å². The average molecular weight is 487 g/mol. The van der Waals surface area contributed by atoms with E-state index in [1.807, 2.05) is 53.7 Å². The topological polar surface area (TPSA) is 74.8 Å². The third-order valence-electron chi connectivity index (χ3n) is 5.91. The van der Waals surface area contributed by atoms with Crippen LogP contribution in [0.2, 0.25) is 5.02 Å². The Bertz CT molecular complexity index is 1030. The molecule has 2 amide bonds. The molecule has 1 saturated heterocycles. The standard InChI is InChI=1S/C26H35ClN4O3/c1-7-22-9-8-19(14-28-22)24(32)29-23-13-21(27)12-20(18(23)3)16-30-10-11-31(17(2)15-30)25(33)34-26(4,5)6/h8-9,12-14,17H,7,10-11,15-16H2,1-6H3,(H,29,32)/t17-/m0/s1. The van der Waals surface area contributed by atoms with Gasteiger partial charge in [0, 0.05) is 54.8 Å². The van der Waals surface area contributed by atoms with Gasteiger partial charge in [0.25, 0.3) is 5.91 Å². The summed E-state index contributed by atoms with van der Waals surface area (Å²) in [5.74, 6) is -0.217. The summed E-state index contributed by atoms with van der Waals surface area (Å²) in [4.78, 5) is 33.7. The number of rotatable bonds is 5. The number of pyridine rings is 1. The van der Waals surface area contributed by atoms with Crippen LogP contribution < -0.4 is 5.32 Å². The summed E-state index contributed by atoms with van der Waals surface area (Å²) in [6.07, 6.45) is 2.15. The van der Waals surface area contributed by atoms with Crippen LogP contribution in [0.3, 0.4) is 0 Å². The lowest BCUT2D eigenvalue weighted by molar-refractivity contribution is 0.000535. The zero-order chi connectivity index (χ0) is 25.0. The number of hydrogen-bond donors (Lipinski definition) is 1. The van der Waals surface area contributed by atoms with Crippen molar-refractivity contribution in [3.8, 4) is 0 Å². The van der Waals surface area contributed by atoms with E-state index in [0.717, 1.165) is 36.3 Å². The number of amides is 2. The zero-order valence-electron chi connectivity index (χ0n) is 20.9. The number of ether oxygens (including phenoxy) is 1. The molecule has 1 atom stereocenters. The van der Waals surface area contributed by atoms with Crippen molar-refractivity contribution in [2.24, 2.45) is 0 Å². The van der Waals surface area contributed by atoms with Crippen molar-refractivity contribution in [2.75, 3.05) is 25.0 Å². The van der Waals surface area contributed by atoms with E-state index in [-0.39, 0.29) is 18.0 Å². The Labute approximate surface area is 207 Å². The number of halogens is 1. The number of piperazine rings is 1. The normalized spacial score (nSPS) is 16.9. The van der Waals surface area contributed by atoms with Crippen molar-refractivity contribution in [2.45, 2.75) is 66.2 Å². The minimum absolute atomic E-state index is 0.0286. The van der Waals surface area contributed by atoms with Crippen molar-refractivity contribution < 1.29 is 14.3 Å². The molecule has 0 bridgehead atoms. The van der Waals surface area contributed by atoms with Crippen LogP contribution in [0.4, 0.5) is 10.5 Å². The molecule has 0 aliphatic carbocycles. The summed E-state index contributed by atoms with van der Waals surface area (Å²) >= 11 is 6.41. The molecule has 0 spiro atoms. The fourth-order valence-electron chi connectivity index (χ4n) is 4.00. The highest BCUT2D eigenvalue weighted by molar-refractivity contribution is 6.31. The predicted molar refractivity (Wildman–Crippen MR) is 135 cm³/mol. The van der Waals surface area contributed by atoms with Gasteiger partial charge in [0.2, 0.25) is 0 Å². The lowest BCUT2D eigenvalue weighted by Gasteiger charge is -2.40. The maximum absolute atomic E-state index is 12.8. The first-order chi connectivity index (χ1) is 16.0. The summed E-state index contributed by atoms with van der Waals surface area (Å²) in [6.45, 7) is 14.4. The first kappa shape index (κ1) is 26.0. The number of anilines is 1. The van der Waals surface area contributed by atoms with Gasteiger partial charge in [0.1, 0.15) is 5.60 Å². The largest absolute Gasteiger partial charge is 0.444 e. The molecule has 2 heterocycles. The van der Waals surface area contributed by atoms with Crippen LogP contribution in [0.5, 0.6) is 0 Å². The van der Waals surface area contributed by atoms with Crippen LogP contribution in [0.15, 0.2) is 30.5 Å². The fraction of sp³-hybridized carbons (Fsp3) is 0.500. The molecule has 1 aliphatic rings. The van der Waals surface area contributed by atoms with E-state index in [1.165, 1.54) is 0 Å². The van der Waals surface area contributed by atoms with Crippen molar-refractivity contribution in [1.29, 1.82) is 0 Å². The second-order valence-corrected chi connectivity index (χ2v) is 10.3. The number of carbonyl (C=O) groups is 2. The van der Waals surface area contributed by atoms with Crippen LogP contribution in [0.1, 0.15) is 61.8 Å². The molecule has 34 heavy (non-hydrogen) atoms. The van der Waals surface area contributed by atoms with Crippen molar-refractivity contribution in [3.63, 3.8) is 0 Å². The number of carbonyl (C=O) groups excluding carboxylic acids is 2. The Morgan fingerprint density at radius 3 is 2.56 bits per heavy atom. The maximum atomic E-state index is 12.8. The number of aromatic nitrogens is 1. The van der Waals surface area contributed by atoms with Crippen molar-refractivity contribution in [1.82, 2.24) is 14.8 Å². The van der Waals surface area contributed by atoms with Crippen LogP contribution in [0.25, 0.3) is 0 Å². The lowest BCUT2D eigenvalue weighted by atomic mass is 10.0. The van der Waals surface area contributed by atoms with Crippen LogP contribution in [0, 0.1) is 6.92 Å². The van der Waals surface area contributed by atoms with E-state index in [2.05, 4.69) is 15.2 Å². The molecule has 1 N–H and O–H groups in total. The van der Waals surface area contributed by atoms with Gasteiger partial charge in [0.15, 0.2) is 0 Å². The molecule has 0 saturated carbocycles. The van der Waals surface area contributed by atoms with Gasteiger partial charge in [0.05, 0.1) is 5.56 Å².